The Kier molecular flexibility index (Phi) is 3.73. The van der Waals surface area contributed by atoms with Gasteiger partial charge in [0.15, 0.2) is 5.57 Å². The van der Waals surface area contributed by atoms with Gasteiger partial charge >= 0.3 is 11.9 Å². The normalized spacial score (nSPS) is 9.62. The number of hydrogen-bond donors (Lipinski definition) is 3. The molecule has 0 unspecified atom stereocenters. The molecule has 0 bridgehead atoms. The van der Waals surface area contributed by atoms with E-state index < -0.39 is 17.5 Å². The molecule has 2 N–H and O–H groups in total. The first-order valence-electron chi connectivity index (χ1n) is 4.41. The summed E-state index contributed by atoms with van der Waals surface area (Å²) in [6.07, 6.45) is 0. The smallest absolute Gasteiger partial charge is 0.344 e. The van der Waals surface area contributed by atoms with E-state index in [1.807, 2.05) is 0 Å². The number of carbonyl (C=O) groups is 2. The van der Waals surface area contributed by atoms with Crippen molar-refractivity contribution in [1.29, 1.82) is 0 Å². The second-order valence-electron chi connectivity index (χ2n) is 3.15. The average molecular weight is 238 g/mol. The number of aliphatic carboxylic acids is 2. The zero-order chi connectivity index (χ0) is 12.3. The van der Waals surface area contributed by atoms with Crippen LogP contribution in [0.5, 0.6) is 0 Å². The molecule has 0 radical (unpaired) electrons. The lowest BCUT2D eigenvalue weighted by Crippen LogP contribution is -2.12. The van der Waals surface area contributed by atoms with Gasteiger partial charge in [0.25, 0.3) is 0 Å². The summed E-state index contributed by atoms with van der Waals surface area (Å²) in [5.41, 5.74) is 0.552. The summed E-state index contributed by atoms with van der Waals surface area (Å²) in [5.74, 6) is -3.00. The molecule has 16 heavy (non-hydrogen) atoms. The van der Waals surface area contributed by atoms with E-state index in [2.05, 4.69) is 12.6 Å². The standard InChI is InChI=1S/C11H10O4S/c1-6-4-2-3-5-7(6)9(16)8(10(12)13)11(14)15/h2-5,16H,1H3,(H,12,13)(H,14,15). The Bertz CT molecular complexity index is 461. The van der Waals surface area contributed by atoms with Gasteiger partial charge in [-0.15, -0.1) is 12.6 Å². The number of carboxylic acid groups (broad SMARTS) is 2. The lowest BCUT2D eigenvalue weighted by molar-refractivity contribution is -0.140. The Labute approximate surface area is 97.6 Å². The van der Waals surface area contributed by atoms with Crippen molar-refractivity contribution in [3.63, 3.8) is 0 Å². The highest BCUT2D eigenvalue weighted by Gasteiger charge is 2.21. The molecule has 0 aliphatic heterocycles. The molecule has 0 fully saturated rings. The Hall–Kier alpha value is -1.75. The number of thiol groups is 1. The summed E-state index contributed by atoms with van der Waals surface area (Å²) in [6.45, 7) is 1.76. The van der Waals surface area contributed by atoms with Crippen LogP contribution in [0, 0.1) is 6.92 Å². The van der Waals surface area contributed by atoms with E-state index in [4.69, 9.17) is 10.2 Å². The van der Waals surface area contributed by atoms with Crippen molar-refractivity contribution in [3.8, 4) is 0 Å². The third-order valence-electron chi connectivity index (χ3n) is 2.06. The summed E-state index contributed by atoms with van der Waals surface area (Å²) in [4.78, 5) is 21.5. The van der Waals surface area contributed by atoms with Gasteiger partial charge in [-0.3, -0.25) is 0 Å². The van der Waals surface area contributed by atoms with Crippen molar-refractivity contribution >= 4 is 29.5 Å². The molecule has 0 aromatic heterocycles. The van der Waals surface area contributed by atoms with Crippen LogP contribution in [0.2, 0.25) is 0 Å². The highest BCUT2D eigenvalue weighted by Crippen LogP contribution is 2.25. The molecule has 1 aromatic carbocycles. The number of rotatable bonds is 3. The van der Waals surface area contributed by atoms with Crippen LogP contribution in [0.1, 0.15) is 11.1 Å². The predicted octanol–water partition coefficient (Wildman–Crippen LogP) is 1.81. The summed E-state index contributed by atoms with van der Waals surface area (Å²) in [5, 5.41) is 17.6. The van der Waals surface area contributed by atoms with Crippen LogP contribution in [-0.2, 0) is 9.59 Å². The number of benzene rings is 1. The monoisotopic (exact) mass is 238 g/mol. The minimum atomic E-state index is -1.50. The van der Waals surface area contributed by atoms with Gasteiger partial charge in [0.1, 0.15) is 0 Å². The summed E-state index contributed by atoms with van der Waals surface area (Å²) < 4.78 is 0. The molecule has 5 heteroatoms. The van der Waals surface area contributed by atoms with Gasteiger partial charge in [-0.1, -0.05) is 24.3 Å². The quantitative estimate of drug-likeness (QED) is 0.325. The van der Waals surface area contributed by atoms with E-state index in [0.29, 0.717) is 5.56 Å². The zero-order valence-corrected chi connectivity index (χ0v) is 9.36. The van der Waals surface area contributed by atoms with Crippen LogP contribution in [0.25, 0.3) is 4.91 Å². The molecule has 84 valence electrons. The molecule has 4 nitrogen and oxygen atoms in total. The number of aryl methyl sites for hydroxylation is 1. The van der Waals surface area contributed by atoms with Crippen LogP contribution in [0.4, 0.5) is 0 Å². The fourth-order valence-electron chi connectivity index (χ4n) is 1.27. The van der Waals surface area contributed by atoms with Gasteiger partial charge in [-0.2, -0.15) is 0 Å². The Morgan fingerprint density at radius 1 is 1.12 bits per heavy atom. The molecule has 0 aliphatic carbocycles. The maximum Gasteiger partial charge on any atom is 0.344 e. The van der Waals surface area contributed by atoms with Crippen LogP contribution in [0.15, 0.2) is 29.8 Å². The third-order valence-corrected chi connectivity index (χ3v) is 2.53. The summed E-state index contributed by atoms with van der Waals surface area (Å²) in [6, 6.07) is 6.86. The molecule has 0 heterocycles. The van der Waals surface area contributed by atoms with Crippen LogP contribution < -0.4 is 0 Å². The minimum absolute atomic E-state index is 0.0434. The average Bonchev–Trinajstić information content (AvgIpc) is 2.16. The van der Waals surface area contributed by atoms with Crippen LogP contribution in [-0.4, -0.2) is 22.2 Å². The van der Waals surface area contributed by atoms with Crippen molar-refractivity contribution < 1.29 is 19.8 Å². The van der Waals surface area contributed by atoms with Crippen LogP contribution >= 0.6 is 12.6 Å². The highest BCUT2D eigenvalue weighted by atomic mass is 32.1. The van der Waals surface area contributed by atoms with Gasteiger partial charge in [0.05, 0.1) is 0 Å². The molecule has 0 aliphatic rings. The topological polar surface area (TPSA) is 74.6 Å². The molecule has 1 aromatic rings. The molecular formula is C11H10O4S. The predicted molar refractivity (Wildman–Crippen MR) is 62.4 cm³/mol. The molecule has 0 saturated carbocycles. The third kappa shape index (κ3) is 2.43. The van der Waals surface area contributed by atoms with Crippen molar-refractivity contribution in [2.45, 2.75) is 6.92 Å². The Morgan fingerprint density at radius 3 is 2.06 bits per heavy atom. The fourth-order valence-corrected chi connectivity index (χ4v) is 1.71. The zero-order valence-electron chi connectivity index (χ0n) is 8.47. The van der Waals surface area contributed by atoms with E-state index in [1.165, 1.54) is 0 Å². The Morgan fingerprint density at radius 2 is 1.62 bits per heavy atom. The SMILES string of the molecule is Cc1ccccc1C(S)=C(C(=O)O)C(=O)O. The van der Waals surface area contributed by atoms with Gasteiger partial charge in [0.2, 0.25) is 0 Å². The second kappa shape index (κ2) is 4.85. The maximum atomic E-state index is 10.8. The lowest BCUT2D eigenvalue weighted by Gasteiger charge is -2.06. The van der Waals surface area contributed by atoms with Gasteiger partial charge in [-0.25, -0.2) is 9.59 Å². The molecule has 0 saturated heterocycles. The molecular weight excluding hydrogens is 228 g/mol. The second-order valence-corrected chi connectivity index (χ2v) is 3.60. The van der Waals surface area contributed by atoms with Gasteiger partial charge in [0, 0.05) is 4.91 Å². The molecule has 0 spiro atoms. The first kappa shape index (κ1) is 12.3. The van der Waals surface area contributed by atoms with Gasteiger partial charge < -0.3 is 10.2 Å². The van der Waals surface area contributed by atoms with Gasteiger partial charge in [-0.05, 0) is 18.1 Å². The van der Waals surface area contributed by atoms with E-state index in [1.54, 1.807) is 31.2 Å². The van der Waals surface area contributed by atoms with E-state index in [-0.39, 0.29) is 4.91 Å². The minimum Gasteiger partial charge on any atom is -0.477 e. The Balaban J connectivity index is 3.42. The lowest BCUT2D eigenvalue weighted by atomic mass is 10.1. The fraction of sp³-hybridized carbons (Fsp3) is 0.0909. The van der Waals surface area contributed by atoms with Crippen LogP contribution in [0.3, 0.4) is 0 Å². The molecule has 0 atom stereocenters. The van der Waals surface area contributed by atoms with Crippen molar-refractivity contribution in [2.75, 3.05) is 0 Å². The van der Waals surface area contributed by atoms with E-state index in [0.717, 1.165) is 5.56 Å². The summed E-state index contributed by atoms with van der Waals surface area (Å²) in [7, 11) is 0. The van der Waals surface area contributed by atoms with E-state index >= 15 is 0 Å². The van der Waals surface area contributed by atoms with Crippen molar-refractivity contribution in [1.82, 2.24) is 0 Å². The summed E-state index contributed by atoms with van der Waals surface area (Å²) >= 11 is 3.98. The van der Waals surface area contributed by atoms with Crippen molar-refractivity contribution in [2.24, 2.45) is 0 Å². The van der Waals surface area contributed by atoms with E-state index in [9.17, 15) is 9.59 Å². The number of carboxylic acids is 2. The number of hydrogen-bond acceptors (Lipinski definition) is 3. The largest absolute Gasteiger partial charge is 0.477 e. The van der Waals surface area contributed by atoms with Crippen molar-refractivity contribution in [3.05, 3.63) is 41.0 Å². The first-order valence-corrected chi connectivity index (χ1v) is 4.85. The first-order chi connectivity index (χ1) is 7.45. The molecule has 0 amide bonds. The molecule has 1 rings (SSSR count). The maximum absolute atomic E-state index is 10.8. The highest BCUT2D eigenvalue weighted by molar-refractivity contribution is 7.90.